The molecule has 2 aromatic rings. The molecule has 0 spiro atoms. The van der Waals surface area contributed by atoms with Crippen molar-refractivity contribution < 1.29 is 14.7 Å². The van der Waals surface area contributed by atoms with Gasteiger partial charge in [0.2, 0.25) is 5.91 Å². The topological polar surface area (TPSA) is 69.6 Å². The number of carbonyl (C=O) groups excluding carboxylic acids is 2. The Hall–Kier alpha value is -2.16. The molecule has 1 unspecified atom stereocenters. The summed E-state index contributed by atoms with van der Waals surface area (Å²) in [5, 5.41) is 12.2. The lowest BCUT2D eigenvalue weighted by atomic mass is 10.0. The number of thioether (sulfide) groups is 1. The average molecular weight is 491 g/mol. The number of rotatable bonds is 5. The molecule has 0 radical (unpaired) electrons. The number of aromatic hydroxyl groups is 1. The third kappa shape index (κ3) is 5.07. The summed E-state index contributed by atoms with van der Waals surface area (Å²) >= 11 is 10.0. The molecule has 1 fully saturated rings. The first-order chi connectivity index (χ1) is 13.8. The van der Waals surface area contributed by atoms with Gasteiger partial charge in [0.1, 0.15) is 16.1 Å². The summed E-state index contributed by atoms with van der Waals surface area (Å²) < 4.78 is 1.31. The summed E-state index contributed by atoms with van der Waals surface area (Å²) in [7, 11) is 0. The Morgan fingerprint density at radius 1 is 1.17 bits per heavy atom. The molecule has 8 heteroatoms. The van der Waals surface area contributed by atoms with E-state index in [0.717, 1.165) is 10.0 Å². The molecular formula is C21H19BrN2O3S2. The summed E-state index contributed by atoms with van der Waals surface area (Å²) in [6, 6.07) is 13.0. The van der Waals surface area contributed by atoms with Crippen LogP contribution in [0.25, 0.3) is 6.08 Å². The van der Waals surface area contributed by atoms with Gasteiger partial charge in [0.05, 0.1) is 4.91 Å². The predicted molar refractivity (Wildman–Crippen MR) is 125 cm³/mol. The minimum atomic E-state index is -0.743. The number of benzene rings is 2. The summed E-state index contributed by atoms with van der Waals surface area (Å²) in [6.07, 6.45) is 1.78. The van der Waals surface area contributed by atoms with Crippen LogP contribution in [0.3, 0.4) is 0 Å². The van der Waals surface area contributed by atoms with Gasteiger partial charge in [-0.25, -0.2) is 0 Å². The van der Waals surface area contributed by atoms with Crippen molar-refractivity contribution in [2.75, 3.05) is 5.32 Å². The second-order valence-corrected chi connectivity index (χ2v) is 9.42. The van der Waals surface area contributed by atoms with E-state index in [2.05, 4.69) is 21.2 Å². The van der Waals surface area contributed by atoms with Gasteiger partial charge in [-0.3, -0.25) is 14.5 Å². The van der Waals surface area contributed by atoms with E-state index >= 15 is 0 Å². The monoisotopic (exact) mass is 490 g/mol. The van der Waals surface area contributed by atoms with Gasteiger partial charge >= 0.3 is 0 Å². The number of anilines is 1. The van der Waals surface area contributed by atoms with Gasteiger partial charge in [0, 0.05) is 10.2 Å². The molecule has 0 bridgehead atoms. The lowest BCUT2D eigenvalue weighted by Crippen LogP contribution is -2.49. The number of nitrogens with zero attached hydrogens (tertiary/aromatic N) is 1. The number of amides is 2. The van der Waals surface area contributed by atoms with E-state index in [4.69, 9.17) is 12.2 Å². The molecule has 150 valence electrons. The predicted octanol–water partition coefficient (Wildman–Crippen LogP) is 5.02. The summed E-state index contributed by atoms with van der Waals surface area (Å²) in [4.78, 5) is 27.9. The Morgan fingerprint density at radius 3 is 2.38 bits per heavy atom. The number of carbonyl (C=O) groups is 2. The van der Waals surface area contributed by atoms with Crippen molar-refractivity contribution in [2.24, 2.45) is 5.92 Å². The first-order valence-electron chi connectivity index (χ1n) is 8.89. The van der Waals surface area contributed by atoms with Crippen molar-refractivity contribution in [1.82, 2.24) is 4.90 Å². The van der Waals surface area contributed by atoms with E-state index in [1.165, 1.54) is 28.8 Å². The fourth-order valence-electron chi connectivity index (χ4n) is 2.91. The van der Waals surface area contributed by atoms with Gasteiger partial charge in [0.15, 0.2) is 0 Å². The van der Waals surface area contributed by atoms with Crippen molar-refractivity contribution in [2.45, 2.75) is 19.9 Å². The molecule has 5 nitrogen and oxygen atoms in total. The van der Waals surface area contributed by atoms with E-state index in [-0.39, 0.29) is 23.5 Å². The van der Waals surface area contributed by atoms with Crippen molar-refractivity contribution in [3.63, 3.8) is 0 Å². The van der Waals surface area contributed by atoms with E-state index in [1.807, 2.05) is 38.1 Å². The van der Waals surface area contributed by atoms with Gasteiger partial charge in [-0.1, -0.05) is 65.9 Å². The molecule has 1 atom stereocenters. The van der Waals surface area contributed by atoms with E-state index < -0.39 is 6.04 Å². The SMILES string of the molecule is CC(C)C(C(=O)Nc1ccc(O)cc1)N1C(=O)/C(=C/c2ccc(Br)cc2)SC1=S. The first kappa shape index (κ1) is 21.5. The number of thiocarbonyl (C=S) groups is 1. The van der Waals surface area contributed by atoms with Crippen LogP contribution in [0, 0.1) is 5.92 Å². The molecule has 0 aromatic heterocycles. The molecular weight excluding hydrogens is 472 g/mol. The highest BCUT2D eigenvalue weighted by Crippen LogP contribution is 2.36. The van der Waals surface area contributed by atoms with Crippen LogP contribution >= 0.6 is 39.9 Å². The van der Waals surface area contributed by atoms with Crippen molar-refractivity contribution in [3.05, 3.63) is 63.5 Å². The number of phenolic OH excluding ortho intramolecular Hbond substituents is 1. The van der Waals surface area contributed by atoms with Crippen molar-refractivity contribution >= 4 is 67.8 Å². The van der Waals surface area contributed by atoms with E-state index in [0.29, 0.717) is 14.9 Å². The van der Waals surface area contributed by atoms with Gasteiger partial charge < -0.3 is 10.4 Å². The third-order valence-corrected chi connectivity index (χ3v) is 6.16. The van der Waals surface area contributed by atoms with Crippen LogP contribution < -0.4 is 5.32 Å². The number of nitrogens with one attached hydrogen (secondary N) is 1. The Bertz CT molecular complexity index is 972. The fraction of sp³-hybridized carbons (Fsp3) is 0.190. The zero-order valence-corrected chi connectivity index (χ0v) is 19.0. The highest BCUT2D eigenvalue weighted by atomic mass is 79.9. The molecule has 0 aliphatic carbocycles. The van der Waals surface area contributed by atoms with Crippen LogP contribution in [-0.2, 0) is 9.59 Å². The second kappa shape index (κ2) is 9.11. The van der Waals surface area contributed by atoms with Crippen molar-refractivity contribution in [1.29, 1.82) is 0 Å². The lowest BCUT2D eigenvalue weighted by Gasteiger charge is -2.29. The Morgan fingerprint density at radius 2 is 1.79 bits per heavy atom. The van der Waals surface area contributed by atoms with Gasteiger partial charge in [0.25, 0.3) is 5.91 Å². The zero-order chi connectivity index (χ0) is 21.1. The summed E-state index contributed by atoms with van der Waals surface area (Å²) in [5.41, 5.74) is 1.41. The quantitative estimate of drug-likeness (QED) is 0.349. The van der Waals surface area contributed by atoms with Crippen LogP contribution in [0.15, 0.2) is 57.9 Å². The van der Waals surface area contributed by atoms with E-state index in [9.17, 15) is 14.7 Å². The summed E-state index contributed by atoms with van der Waals surface area (Å²) in [6.45, 7) is 3.75. The largest absolute Gasteiger partial charge is 0.508 e. The van der Waals surface area contributed by atoms with Crippen molar-refractivity contribution in [3.8, 4) is 5.75 Å². The highest BCUT2D eigenvalue weighted by Gasteiger charge is 2.41. The molecule has 0 saturated carbocycles. The van der Waals surface area contributed by atoms with Crippen LogP contribution in [0.4, 0.5) is 5.69 Å². The van der Waals surface area contributed by atoms with Crippen LogP contribution in [0.5, 0.6) is 5.75 Å². The van der Waals surface area contributed by atoms with Crippen LogP contribution in [0.2, 0.25) is 0 Å². The van der Waals surface area contributed by atoms with Crippen LogP contribution in [-0.4, -0.2) is 32.2 Å². The molecule has 1 heterocycles. The average Bonchev–Trinajstić information content (AvgIpc) is 2.93. The maximum absolute atomic E-state index is 13.1. The Labute approximate surface area is 187 Å². The number of hydrogen-bond acceptors (Lipinski definition) is 5. The zero-order valence-electron chi connectivity index (χ0n) is 15.8. The number of phenols is 1. The molecule has 29 heavy (non-hydrogen) atoms. The first-order valence-corrected chi connectivity index (χ1v) is 10.9. The lowest BCUT2D eigenvalue weighted by molar-refractivity contribution is -0.131. The standard InChI is InChI=1S/C21H19BrN2O3S2/c1-12(2)18(19(26)23-15-7-9-16(25)10-8-15)24-20(27)17(29-21(24)28)11-13-3-5-14(22)6-4-13/h3-12,18,25H,1-2H3,(H,23,26)/b17-11-. The molecule has 2 N–H and O–H groups in total. The smallest absolute Gasteiger partial charge is 0.266 e. The molecule has 1 aliphatic rings. The Balaban J connectivity index is 1.84. The van der Waals surface area contributed by atoms with Gasteiger partial charge in [-0.2, -0.15) is 0 Å². The minimum Gasteiger partial charge on any atom is -0.508 e. The highest BCUT2D eigenvalue weighted by molar-refractivity contribution is 9.10. The second-order valence-electron chi connectivity index (χ2n) is 6.83. The maximum Gasteiger partial charge on any atom is 0.266 e. The summed E-state index contributed by atoms with van der Waals surface area (Å²) in [5.74, 6) is -0.644. The van der Waals surface area contributed by atoms with Gasteiger partial charge in [-0.15, -0.1) is 0 Å². The van der Waals surface area contributed by atoms with Gasteiger partial charge in [-0.05, 0) is 54.0 Å². The Kier molecular flexibility index (Phi) is 6.77. The molecule has 1 aliphatic heterocycles. The third-order valence-electron chi connectivity index (χ3n) is 4.30. The molecule has 1 saturated heterocycles. The van der Waals surface area contributed by atoms with E-state index in [1.54, 1.807) is 18.2 Å². The normalized spacial score (nSPS) is 16.6. The molecule has 3 rings (SSSR count). The molecule has 2 amide bonds. The van der Waals surface area contributed by atoms with Crippen LogP contribution in [0.1, 0.15) is 19.4 Å². The number of halogens is 1. The minimum absolute atomic E-state index is 0.110. The maximum atomic E-state index is 13.1. The molecule has 2 aromatic carbocycles. The number of hydrogen-bond donors (Lipinski definition) is 2. The fourth-order valence-corrected chi connectivity index (χ4v) is 4.50.